The Morgan fingerprint density at radius 1 is 1.14 bits per heavy atom. The van der Waals surface area contributed by atoms with Gasteiger partial charge in [0.25, 0.3) is 0 Å². The molecule has 0 radical (unpaired) electrons. The van der Waals surface area contributed by atoms with Crippen LogP contribution in [0.4, 0.5) is 14.5 Å². The predicted molar refractivity (Wildman–Crippen MR) is 75.0 cm³/mol. The van der Waals surface area contributed by atoms with E-state index in [9.17, 15) is 18.4 Å². The van der Waals surface area contributed by atoms with Gasteiger partial charge in [-0.25, -0.2) is 8.78 Å². The molecule has 0 aliphatic rings. The molecule has 0 spiro atoms. The number of anilines is 1. The number of hydrogen-bond donors (Lipinski definition) is 2. The van der Waals surface area contributed by atoms with Gasteiger partial charge < -0.3 is 20.1 Å². The first kappa shape index (κ1) is 18.0. The average Bonchev–Trinajstić information content (AvgIpc) is 2.47. The van der Waals surface area contributed by atoms with Gasteiger partial charge in [0, 0.05) is 19.3 Å². The fourth-order valence-electron chi connectivity index (χ4n) is 1.56. The van der Waals surface area contributed by atoms with Crippen molar-refractivity contribution in [3.63, 3.8) is 0 Å². The van der Waals surface area contributed by atoms with Crippen LogP contribution in [0.25, 0.3) is 0 Å². The van der Waals surface area contributed by atoms with Gasteiger partial charge in [-0.05, 0) is 26.0 Å². The van der Waals surface area contributed by atoms with Crippen molar-refractivity contribution in [3.05, 3.63) is 29.8 Å². The minimum absolute atomic E-state index is 0.0279. The van der Waals surface area contributed by atoms with Gasteiger partial charge in [-0.2, -0.15) is 0 Å². The van der Waals surface area contributed by atoms with E-state index in [0.29, 0.717) is 19.3 Å². The van der Waals surface area contributed by atoms with Crippen LogP contribution in [0.3, 0.4) is 0 Å². The highest BCUT2D eigenvalue weighted by atomic mass is 19.1. The summed E-state index contributed by atoms with van der Waals surface area (Å²) in [6.45, 7) is 4.26. The van der Waals surface area contributed by atoms with Gasteiger partial charge in [0.2, 0.25) is 0 Å². The fourth-order valence-corrected chi connectivity index (χ4v) is 1.56. The predicted octanol–water partition coefficient (Wildman–Crippen LogP) is 1.42. The number of carbonyl (C=O) groups is 2. The van der Waals surface area contributed by atoms with E-state index >= 15 is 0 Å². The van der Waals surface area contributed by atoms with Crippen LogP contribution in [0.2, 0.25) is 0 Å². The Hall–Kier alpha value is -2.06. The summed E-state index contributed by atoms with van der Waals surface area (Å²) in [4.78, 5) is 23.2. The molecule has 0 aliphatic heterocycles. The van der Waals surface area contributed by atoms with Crippen molar-refractivity contribution in [2.75, 3.05) is 25.1 Å². The second kappa shape index (κ2) is 9.06. The van der Waals surface area contributed by atoms with E-state index in [1.807, 2.05) is 0 Å². The smallest absolute Gasteiger partial charge is 0.313 e. The summed E-state index contributed by atoms with van der Waals surface area (Å²) in [5, 5.41) is 4.36. The number of benzene rings is 1. The summed E-state index contributed by atoms with van der Waals surface area (Å²) >= 11 is 0. The minimum Gasteiger partial charge on any atom is -0.351 e. The van der Waals surface area contributed by atoms with Crippen LogP contribution in [-0.2, 0) is 19.1 Å². The van der Waals surface area contributed by atoms with Crippen LogP contribution in [0.15, 0.2) is 18.2 Å². The van der Waals surface area contributed by atoms with Crippen LogP contribution < -0.4 is 10.6 Å². The van der Waals surface area contributed by atoms with Gasteiger partial charge in [-0.1, -0.05) is 0 Å². The molecule has 1 rings (SSSR count). The molecule has 8 heteroatoms. The van der Waals surface area contributed by atoms with Crippen molar-refractivity contribution in [1.29, 1.82) is 0 Å². The van der Waals surface area contributed by atoms with E-state index < -0.39 is 29.7 Å². The molecule has 0 fully saturated rings. The second-order valence-corrected chi connectivity index (χ2v) is 4.13. The summed E-state index contributed by atoms with van der Waals surface area (Å²) in [5.41, 5.74) is -0.285. The van der Waals surface area contributed by atoms with Crippen LogP contribution in [0.5, 0.6) is 0 Å². The maximum absolute atomic E-state index is 13.4. The van der Waals surface area contributed by atoms with E-state index in [4.69, 9.17) is 9.47 Å². The molecule has 6 nitrogen and oxygen atoms in total. The maximum atomic E-state index is 13.4. The van der Waals surface area contributed by atoms with Gasteiger partial charge in [-0.15, -0.1) is 0 Å². The molecular formula is C14H18F2N2O4. The Balaban J connectivity index is 2.52. The van der Waals surface area contributed by atoms with Crippen LogP contribution >= 0.6 is 0 Å². The molecule has 2 N–H and O–H groups in total. The third-order valence-electron chi connectivity index (χ3n) is 2.52. The van der Waals surface area contributed by atoms with E-state index in [-0.39, 0.29) is 12.2 Å². The van der Waals surface area contributed by atoms with Gasteiger partial charge in [0.1, 0.15) is 11.6 Å². The quantitative estimate of drug-likeness (QED) is 0.589. The first-order valence-electron chi connectivity index (χ1n) is 6.75. The number of halogens is 2. The third kappa shape index (κ3) is 5.74. The van der Waals surface area contributed by atoms with Crippen molar-refractivity contribution in [3.8, 4) is 0 Å². The first-order chi connectivity index (χ1) is 10.5. The topological polar surface area (TPSA) is 76.7 Å². The number of hydrogen-bond acceptors (Lipinski definition) is 4. The number of ether oxygens (including phenoxy) is 2. The lowest BCUT2D eigenvalue weighted by Crippen LogP contribution is -2.41. The van der Waals surface area contributed by atoms with Gasteiger partial charge in [0.05, 0.1) is 12.2 Å². The fraction of sp³-hybridized carbons (Fsp3) is 0.429. The number of nitrogens with one attached hydrogen (secondary N) is 2. The average molecular weight is 316 g/mol. The monoisotopic (exact) mass is 316 g/mol. The molecule has 122 valence electrons. The Morgan fingerprint density at radius 3 is 2.32 bits per heavy atom. The Bertz CT molecular complexity index is 520. The van der Waals surface area contributed by atoms with Crippen LogP contribution in [0.1, 0.15) is 13.8 Å². The van der Waals surface area contributed by atoms with Gasteiger partial charge >= 0.3 is 11.8 Å². The minimum atomic E-state index is -1.07. The van der Waals surface area contributed by atoms with E-state index in [1.165, 1.54) is 0 Å². The highest BCUT2D eigenvalue weighted by Crippen LogP contribution is 2.14. The summed E-state index contributed by atoms with van der Waals surface area (Å²) in [7, 11) is 0. The molecule has 2 amide bonds. The zero-order chi connectivity index (χ0) is 16.5. The molecule has 0 atom stereocenters. The Labute approximate surface area is 126 Å². The Morgan fingerprint density at radius 2 is 1.77 bits per heavy atom. The highest BCUT2D eigenvalue weighted by Gasteiger charge is 2.18. The lowest BCUT2D eigenvalue weighted by molar-refractivity contribution is -0.145. The second-order valence-electron chi connectivity index (χ2n) is 4.13. The molecule has 0 heterocycles. The molecule has 0 unspecified atom stereocenters. The van der Waals surface area contributed by atoms with Crippen LogP contribution in [0, 0.1) is 11.6 Å². The molecule has 1 aromatic carbocycles. The number of amides is 2. The molecule has 22 heavy (non-hydrogen) atoms. The van der Waals surface area contributed by atoms with Gasteiger partial charge in [-0.3, -0.25) is 9.59 Å². The first-order valence-corrected chi connectivity index (χ1v) is 6.75. The SMILES string of the molecule is CCOC(CNC(=O)C(=O)Nc1ccc(F)cc1F)OCC. The van der Waals surface area contributed by atoms with Crippen molar-refractivity contribution in [2.24, 2.45) is 0 Å². The summed E-state index contributed by atoms with van der Waals surface area (Å²) in [5.74, 6) is -3.80. The Kier molecular flexibility index (Phi) is 7.41. The van der Waals surface area contributed by atoms with Crippen molar-refractivity contribution >= 4 is 17.5 Å². The molecule has 0 saturated carbocycles. The van der Waals surface area contributed by atoms with Gasteiger partial charge in [0.15, 0.2) is 6.29 Å². The number of rotatable bonds is 7. The lowest BCUT2D eigenvalue weighted by Gasteiger charge is -2.17. The molecule has 0 saturated heterocycles. The van der Waals surface area contributed by atoms with E-state index in [0.717, 1.165) is 12.1 Å². The number of carbonyl (C=O) groups excluding carboxylic acids is 2. The lowest BCUT2D eigenvalue weighted by atomic mass is 10.3. The summed E-state index contributed by atoms with van der Waals surface area (Å²) < 4.78 is 36.5. The standard InChI is InChI=1S/C14H18F2N2O4/c1-3-21-12(22-4-2)8-17-13(19)14(20)18-11-6-5-9(15)7-10(11)16/h5-7,12H,3-4,8H2,1-2H3,(H,17,19)(H,18,20). The third-order valence-corrected chi connectivity index (χ3v) is 2.52. The molecule has 0 aromatic heterocycles. The summed E-state index contributed by atoms with van der Waals surface area (Å²) in [6.07, 6.45) is -0.672. The largest absolute Gasteiger partial charge is 0.351 e. The van der Waals surface area contributed by atoms with Crippen molar-refractivity contribution in [2.45, 2.75) is 20.1 Å². The molecular weight excluding hydrogens is 298 g/mol. The summed E-state index contributed by atoms with van der Waals surface area (Å²) in [6, 6.07) is 2.60. The van der Waals surface area contributed by atoms with E-state index in [1.54, 1.807) is 13.8 Å². The van der Waals surface area contributed by atoms with Crippen molar-refractivity contribution < 1.29 is 27.8 Å². The molecule has 0 bridgehead atoms. The van der Waals surface area contributed by atoms with E-state index in [2.05, 4.69) is 10.6 Å². The van der Waals surface area contributed by atoms with Crippen LogP contribution in [-0.4, -0.2) is 37.9 Å². The van der Waals surface area contributed by atoms with Crippen molar-refractivity contribution in [1.82, 2.24) is 5.32 Å². The highest BCUT2D eigenvalue weighted by molar-refractivity contribution is 6.39. The molecule has 1 aromatic rings. The zero-order valence-corrected chi connectivity index (χ0v) is 12.3. The maximum Gasteiger partial charge on any atom is 0.313 e. The zero-order valence-electron chi connectivity index (χ0n) is 12.3. The molecule has 0 aliphatic carbocycles. The normalized spacial score (nSPS) is 10.6.